The minimum atomic E-state index is 0. The monoisotopic (exact) mass is 223 g/mol. The molecule has 0 bridgehead atoms. The van der Waals surface area contributed by atoms with Gasteiger partial charge in [0, 0.05) is 0 Å². The van der Waals surface area contributed by atoms with Gasteiger partial charge in [-0.15, -0.1) is 0 Å². The summed E-state index contributed by atoms with van der Waals surface area (Å²) >= 11 is 0. The Labute approximate surface area is 117 Å². The second kappa shape index (κ2) is 4.31. The molecule has 3 heteroatoms. The van der Waals surface area contributed by atoms with E-state index in [0.717, 1.165) is 11.3 Å². The zero-order chi connectivity index (χ0) is 7.78. The molecule has 0 aromatic carbocycles. The maximum Gasteiger partial charge on any atom is 1.00 e. The van der Waals surface area contributed by atoms with Gasteiger partial charge in [0.25, 0.3) is 0 Å². The number of aryl methyl sites for hydroxylation is 1. The smallest absolute Gasteiger partial charge is 0.470 e. The van der Waals surface area contributed by atoms with Gasteiger partial charge in [-0.05, 0) is 11.2 Å². The topological polar surface area (TPSA) is 26.0 Å². The molecule has 1 rings (SSSR count). The van der Waals surface area contributed by atoms with Crippen LogP contribution >= 0.6 is 0 Å². The Balaban J connectivity index is 0.000001000. The number of rotatable bonds is 0. The first-order chi connectivity index (χ1) is 4.52. The first-order valence-corrected chi connectivity index (χ1v) is 3.36. The second-order valence-corrected chi connectivity index (χ2v) is 3.48. The molecule has 0 atom stereocenters. The molecule has 2 nitrogen and oxygen atoms in total. The van der Waals surface area contributed by atoms with Crippen LogP contribution in [0.3, 0.4) is 0 Å². The van der Waals surface area contributed by atoms with E-state index in [1.165, 1.54) is 0 Å². The minimum Gasteiger partial charge on any atom is -0.470 e. The predicted molar refractivity (Wildman–Crippen MR) is 38.8 cm³/mol. The van der Waals surface area contributed by atoms with Gasteiger partial charge < -0.3 is 4.52 Å². The average molecular weight is 224 g/mol. The van der Waals surface area contributed by atoms with Crippen molar-refractivity contribution in [1.29, 1.82) is 0 Å². The van der Waals surface area contributed by atoms with Crippen LogP contribution < -0.4 is 58.2 Å². The summed E-state index contributed by atoms with van der Waals surface area (Å²) in [7, 11) is 0. The fourth-order valence-electron chi connectivity index (χ4n) is 0.957. The van der Waals surface area contributed by atoms with Crippen LogP contribution in [0.1, 0.15) is 32.1 Å². The van der Waals surface area contributed by atoms with Crippen LogP contribution in [0.15, 0.2) is 4.52 Å². The van der Waals surface area contributed by atoms with Gasteiger partial charge in [-0.2, -0.15) is 5.56 Å². The molecule has 0 aliphatic heterocycles. The summed E-state index contributed by atoms with van der Waals surface area (Å²) < 4.78 is 4.89. The maximum absolute atomic E-state index is 4.89. The summed E-state index contributed by atoms with van der Waals surface area (Å²) in [6, 6.07) is 0. The Kier molecular flexibility index (Phi) is 4.71. The van der Waals surface area contributed by atoms with E-state index in [-0.39, 0.29) is 63.6 Å². The van der Waals surface area contributed by atoms with Crippen molar-refractivity contribution in [2.75, 3.05) is 0 Å². The van der Waals surface area contributed by atoms with Crippen LogP contribution in [-0.4, -0.2) is 5.16 Å². The third-order valence-corrected chi connectivity index (χ3v) is 1.44. The van der Waals surface area contributed by atoms with Gasteiger partial charge in [0.2, 0.25) is 0 Å². The van der Waals surface area contributed by atoms with Gasteiger partial charge >= 0.3 is 58.2 Å². The quantitative estimate of drug-likeness (QED) is 0.532. The number of hydrogen-bond acceptors (Lipinski definition) is 2. The molecule has 0 N–H and O–H groups in total. The van der Waals surface area contributed by atoms with E-state index >= 15 is 0 Å². The van der Waals surface area contributed by atoms with Crippen LogP contribution in [0.2, 0.25) is 0 Å². The molecular weight excluding hydrogens is 212 g/mol. The molecule has 1 aromatic rings. The van der Waals surface area contributed by atoms with Crippen molar-refractivity contribution in [3.63, 3.8) is 0 Å². The van der Waals surface area contributed by atoms with Crippen LogP contribution in [-0.2, 0) is 5.41 Å². The fourth-order valence-corrected chi connectivity index (χ4v) is 0.957. The Hall–Kier alpha value is 1.02. The van der Waals surface area contributed by atoms with Crippen LogP contribution in [0.4, 0.5) is 0 Å². The molecule has 0 aliphatic rings. The molecule has 56 valence electrons. The first-order valence-electron chi connectivity index (χ1n) is 3.36. The Morgan fingerprint density at radius 2 is 1.91 bits per heavy atom. The van der Waals surface area contributed by atoms with E-state index in [1.807, 2.05) is 6.92 Å². The summed E-state index contributed by atoms with van der Waals surface area (Å²) in [5.74, 6) is 0.868. The van der Waals surface area contributed by atoms with Crippen molar-refractivity contribution in [3.8, 4) is 0 Å². The number of aromatic nitrogens is 1. The molecule has 0 radical (unpaired) electrons. The number of hydrogen-bond donors (Lipinski definition) is 0. The van der Waals surface area contributed by atoms with Crippen molar-refractivity contribution in [3.05, 3.63) is 17.5 Å². The van der Waals surface area contributed by atoms with Crippen molar-refractivity contribution in [2.24, 2.45) is 0 Å². The van der Waals surface area contributed by atoms with Gasteiger partial charge in [-0.1, -0.05) is 33.9 Å². The Morgan fingerprint density at radius 3 is 2.09 bits per heavy atom. The SMILES string of the molecule is Cc1on[c-]c1C(C)(C)C.[Rb+]. The molecule has 0 amide bonds. The van der Waals surface area contributed by atoms with Crippen molar-refractivity contribution < 1.29 is 62.7 Å². The summed E-state index contributed by atoms with van der Waals surface area (Å²) in [5, 5.41) is 3.59. The van der Waals surface area contributed by atoms with Crippen molar-refractivity contribution in [2.45, 2.75) is 33.1 Å². The summed E-state index contributed by atoms with van der Waals surface area (Å²) in [6.45, 7) is 8.25. The summed E-state index contributed by atoms with van der Waals surface area (Å²) in [6.07, 6.45) is 2.83. The van der Waals surface area contributed by atoms with Crippen molar-refractivity contribution >= 4 is 0 Å². The zero-order valence-corrected chi connectivity index (χ0v) is 12.8. The molecular formula is C8H12NORb. The van der Waals surface area contributed by atoms with E-state index < -0.39 is 0 Å². The third-order valence-electron chi connectivity index (χ3n) is 1.44. The van der Waals surface area contributed by atoms with Gasteiger partial charge in [-0.25, -0.2) is 5.16 Å². The second-order valence-electron chi connectivity index (χ2n) is 3.48. The van der Waals surface area contributed by atoms with E-state index in [2.05, 4.69) is 32.1 Å². The van der Waals surface area contributed by atoms with Gasteiger partial charge in [0.15, 0.2) is 0 Å². The summed E-state index contributed by atoms with van der Waals surface area (Å²) in [4.78, 5) is 0. The molecule has 0 saturated carbocycles. The van der Waals surface area contributed by atoms with Gasteiger partial charge in [-0.3, -0.25) is 0 Å². The molecule has 0 saturated heterocycles. The molecule has 1 heterocycles. The molecule has 0 spiro atoms. The maximum atomic E-state index is 4.89. The molecule has 0 aliphatic carbocycles. The van der Waals surface area contributed by atoms with Gasteiger partial charge in [0.05, 0.1) is 0 Å². The first kappa shape index (κ1) is 12.0. The fraction of sp³-hybridized carbons (Fsp3) is 0.625. The molecule has 0 unspecified atom stereocenters. The normalized spacial score (nSPS) is 10.9. The van der Waals surface area contributed by atoms with E-state index in [1.54, 1.807) is 0 Å². The van der Waals surface area contributed by atoms with E-state index in [0.29, 0.717) is 0 Å². The predicted octanol–water partition coefficient (Wildman–Crippen LogP) is -0.915. The molecule has 1 aromatic heterocycles. The average Bonchev–Trinajstić information content (AvgIpc) is 2.11. The minimum absolute atomic E-state index is 0. The van der Waals surface area contributed by atoms with Gasteiger partial charge in [0.1, 0.15) is 0 Å². The largest absolute Gasteiger partial charge is 1.00 e. The standard InChI is InChI=1S/C8H12NO.Rb/c1-6-7(5-9-10-6)8(2,3)4;/h1-4H3;/q-1;+1. The van der Waals surface area contributed by atoms with Crippen LogP contribution in [0.5, 0.6) is 0 Å². The van der Waals surface area contributed by atoms with Crippen molar-refractivity contribution in [1.82, 2.24) is 5.16 Å². The molecule has 11 heavy (non-hydrogen) atoms. The van der Waals surface area contributed by atoms with E-state index in [9.17, 15) is 0 Å². The molecule has 0 fully saturated rings. The summed E-state index contributed by atoms with van der Waals surface area (Å²) in [5.41, 5.74) is 1.16. The Bertz CT molecular complexity index is 224. The van der Waals surface area contributed by atoms with Crippen LogP contribution in [0, 0.1) is 13.1 Å². The van der Waals surface area contributed by atoms with E-state index in [4.69, 9.17) is 4.52 Å². The Morgan fingerprint density at radius 1 is 1.36 bits per heavy atom. The van der Waals surface area contributed by atoms with Crippen LogP contribution in [0.25, 0.3) is 0 Å². The third kappa shape index (κ3) is 3.09. The number of nitrogens with zero attached hydrogens (tertiary/aromatic N) is 1. The zero-order valence-electron chi connectivity index (χ0n) is 7.86.